The molecule has 1 aliphatic rings. The van der Waals surface area contributed by atoms with Gasteiger partial charge in [-0.15, -0.1) is 0 Å². The Balaban J connectivity index is 1.59. The van der Waals surface area contributed by atoms with E-state index >= 15 is 0 Å². The summed E-state index contributed by atoms with van der Waals surface area (Å²) >= 11 is 0. The molecule has 0 bridgehead atoms. The fourth-order valence-corrected chi connectivity index (χ4v) is 2.97. The standard InChI is InChI=1S/C17H24N4O/c1-13(2)15-11-14(19-20-15)12-21-9-6-17(22,7-10-21)16-5-3-4-8-18-16/h3-5,8,11,13,22H,6-7,9-10,12H2,1-2H3,(H,19,20). The zero-order chi connectivity index (χ0) is 15.6. The largest absolute Gasteiger partial charge is 0.383 e. The number of hydrogen-bond acceptors (Lipinski definition) is 4. The highest BCUT2D eigenvalue weighted by Crippen LogP contribution is 2.31. The van der Waals surface area contributed by atoms with Crippen LogP contribution >= 0.6 is 0 Å². The highest BCUT2D eigenvalue weighted by Gasteiger charge is 2.35. The first-order valence-corrected chi connectivity index (χ1v) is 7.97. The van der Waals surface area contributed by atoms with Gasteiger partial charge in [-0.3, -0.25) is 15.0 Å². The number of H-pyrrole nitrogens is 1. The maximum absolute atomic E-state index is 10.8. The summed E-state index contributed by atoms with van der Waals surface area (Å²) in [6.45, 7) is 6.88. The van der Waals surface area contributed by atoms with Crippen molar-refractivity contribution in [2.24, 2.45) is 0 Å². The lowest BCUT2D eigenvalue weighted by atomic mass is 9.87. The topological polar surface area (TPSA) is 65.0 Å². The quantitative estimate of drug-likeness (QED) is 0.910. The van der Waals surface area contributed by atoms with Crippen LogP contribution in [0.4, 0.5) is 0 Å². The number of hydrogen-bond donors (Lipinski definition) is 2. The van der Waals surface area contributed by atoms with Gasteiger partial charge in [-0.2, -0.15) is 5.10 Å². The summed E-state index contributed by atoms with van der Waals surface area (Å²) in [5.74, 6) is 0.445. The van der Waals surface area contributed by atoms with E-state index in [0.29, 0.717) is 5.92 Å². The van der Waals surface area contributed by atoms with Crippen LogP contribution in [0, 0.1) is 0 Å². The molecule has 2 aromatic heterocycles. The summed E-state index contributed by atoms with van der Waals surface area (Å²) in [6.07, 6.45) is 3.18. The number of nitrogens with one attached hydrogen (secondary N) is 1. The van der Waals surface area contributed by atoms with Gasteiger partial charge in [0.15, 0.2) is 0 Å². The van der Waals surface area contributed by atoms with Gasteiger partial charge in [-0.05, 0) is 37.0 Å². The van der Waals surface area contributed by atoms with Crippen LogP contribution in [0.2, 0.25) is 0 Å². The zero-order valence-corrected chi connectivity index (χ0v) is 13.3. The van der Waals surface area contributed by atoms with Crippen LogP contribution in [-0.2, 0) is 12.1 Å². The number of likely N-dealkylation sites (tertiary alicyclic amines) is 1. The predicted molar refractivity (Wildman–Crippen MR) is 85.3 cm³/mol. The summed E-state index contributed by atoms with van der Waals surface area (Å²) in [5.41, 5.74) is 2.26. The SMILES string of the molecule is CC(C)c1cc(CN2CCC(O)(c3ccccn3)CC2)[nH]n1. The van der Waals surface area contributed by atoms with Gasteiger partial charge in [0.25, 0.3) is 0 Å². The van der Waals surface area contributed by atoms with Crippen molar-refractivity contribution in [3.8, 4) is 0 Å². The molecule has 0 unspecified atom stereocenters. The van der Waals surface area contributed by atoms with E-state index in [1.165, 1.54) is 0 Å². The molecule has 1 aliphatic heterocycles. The Morgan fingerprint density at radius 3 is 2.68 bits per heavy atom. The first kappa shape index (κ1) is 15.2. The van der Waals surface area contributed by atoms with E-state index in [1.54, 1.807) is 6.20 Å². The summed E-state index contributed by atoms with van der Waals surface area (Å²) < 4.78 is 0. The highest BCUT2D eigenvalue weighted by molar-refractivity contribution is 5.15. The van der Waals surface area contributed by atoms with Gasteiger partial charge in [0.1, 0.15) is 5.60 Å². The molecule has 0 aliphatic carbocycles. The van der Waals surface area contributed by atoms with E-state index in [0.717, 1.165) is 49.6 Å². The maximum atomic E-state index is 10.8. The second kappa shape index (κ2) is 6.18. The van der Waals surface area contributed by atoms with Crippen molar-refractivity contribution in [2.75, 3.05) is 13.1 Å². The summed E-state index contributed by atoms with van der Waals surface area (Å²) in [6, 6.07) is 7.88. The van der Waals surface area contributed by atoms with E-state index < -0.39 is 5.60 Å². The molecule has 5 nitrogen and oxygen atoms in total. The molecule has 0 aromatic carbocycles. The van der Waals surface area contributed by atoms with Crippen molar-refractivity contribution in [1.82, 2.24) is 20.1 Å². The van der Waals surface area contributed by atoms with Crippen LogP contribution in [0.5, 0.6) is 0 Å². The van der Waals surface area contributed by atoms with Crippen molar-refractivity contribution in [3.63, 3.8) is 0 Å². The van der Waals surface area contributed by atoms with Crippen LogP contribution in [0.1, 0.15) is 49.7 Å². The number of aromatic nitrogens is 3. The summed E-state index contributed by atoms with van der Waals surface area (Å²) in [7, 11) is 0. The number of pyridine rings is 1. The van der Waals surface area contributed by atoms with Crippen LogP contribution in [0.3, 0.4) is 0 Å². The number of nitrogens with zero attached hydrogens (tertiary/aromatic N) is 3. The molecular weight excluding hydrogens is 276 g/mol. The number of rotatable bonds is 4. The first-order valence-electron chi connectivity index (χ1n) is 7.97. The number of piperidine rings is 1. The molecule has 0 radical (unpaired) electrons. The van der Waals surface area contributed by atoms with E-state index in [1.807, 2.05) is 18.2 Å². The maximum Gasteiger partial charge on any atom is 0.109 e. The fraction of sp³-hybridized carbons (Fsp3) is 0.529. The Bertz CT molecular complexity index is 600. The van der Waals surface area contributed by atoms with Crippen LogP contribution < -0.4 is 0 Å². The van der Waals surface area contributed by atoms with Gasteiger partial charge < -0.3 is 5.11 Å². The molecule has 2 aromatic rings. The van der Waals surface area contributed by atoms with Gasteiger partial charge in [0.05, 0.1) is 11.4 Å². The second-order valence-electron chi connectivity index (χ2n) is 6.50. The van der Waals surface area contributed by atoms with E-state index in [9.17, 15) is 5.11 Å². The first-order chi connectivity index (χ1) is 10.6. The highest BCUT2D eigenvalue weighted by atomic mass is 16.3. The minimum atomic E-state index is -0.783. The number of aromatic amines is 1. The van der Waals surface area contributed by atoms with E-state index in [2.05, 4.69) is 40.0 Å². The van der Waals surface area contributed by atoms with Gasteiger partial charge in [0.2, 0.25) is 0 Å². The smallest absolute Gasteiger partial charge is 0.109 e. The normalized spacial score (nSPS) is 18.7. The second-order valence-corrected chi connectivity index (χ2v) is 6.50. The van der Waals surface area contributed by atoms with Crippen LogP contribution in [0.25, 0.3) is 0 Å². The fourth-order valence-electron chi connectivity index (χ4n) is 2.97. The molecule has 118 valence electrons. The average molecular weight is 300 g/mol. The molecule has 0 amide bonds. The van der Waals surface area contributed by atoms with Gasteiger partial charge in [-0.25, -0.2) is 0 Å². The molecule has 0 saturated carbocycles. The molecule has 2 N–H and O–H groups in total. The number of aliphatic hydroxyl groups is 1. The third-order valence-corrected chi connectivity index (χ3v) is 4.46. The minimum Gasteiger partial charge on any atom is -0.383 e. The van der Waals surface area contributed by atoms with Crippen LogP contribution in [-0.4, -0.2) is 38.3 Å². The Morgan fingerprint density at radius 1 is 1.32 bits per heavy atom. The van der Waals surface area contributed by atoms with Crippen LogP contribution in [0.15, 0.2) is 30.5 Å². The minimum absolute atomic E-state index is 0.445. The van der Waals surface area contributed by atoms with Crippen molar-refractivity contribution in [1.29, 1.82) is 0 Å². The lowest BCUT2D eigenvalue weighted by Gasteiger charge is -2.37. The monoisotopic (exact) mass is 300 g/mol. The molecule has 3 heterocycles. The third-order valence-electron chi connectivity index (χ3n) is 4.46. The molecule has 0 atom stereocenters. The molecular formula is C17H24N4O. The van der Waals surface area contributed by atoms with Crippen molar-refractivity contribution < 1.29 is 5.11 Å². The van der Waals surface area contributed by atoms with E-state index in [4.69, 9.17) is 0 Å². The molecule has 22 heavy (non-hydrogen) atoms. The lowest BCUT2D eigenvalue weighted by molar-refractivity contribution is -0.0313. The van der Waals surface area contributed by atoms with Crippen molar-refractivity contribution in [2.45, 2.75) is 44.8 Å². The lowest BCUT2D eigenvalue weighted by Crippen LogP contribution is -2.42. The van der Waals surface area contributed by atoms with Gasteiger partial charge in [0, 0.05) is 31.5 Å². The van der Waals surface area contributed by atoms with Gasteiger partial charge >= 0.3 is 0 Å². The summed E-state index contributed by atoms with van der Waals surface area (Å²) in [4.78, 5) is 6.68. The van der Waals surface area contributed by atoms with Crippen molar-refractivity contribution in [3.05, 3.63) is 47.5 Å². The Labute approximate surface area is 131 Å². The summed E-state index contributed by atoms with van der Waals surface area (Å²) in [5, 5.41) is 18.3. The van der Waals surface area contributed by atoms with Gasteiger partial charge in [-0.1, -0.05) is 19.9 Å². The van der Waals surface area contributed by atoms with Crippen molar-refractivity contribution >= 4 is 0 Å². The molecule has 5 heteroatoms. The Morgan fingerprint density at radius 2 is 2.09 bits per heavy atom. The predicted octanol–water partition coefficient (Wildman–Crippen LogP) is 2.41. The zero-order valence-electron chi connectivity index (χ0n) is 13.3. The third kappa shape index (κ3) is 3.20. The van der Waals surface area contributed by atoms with E-state index in [-0.39, 0.29) is 0 Å². The Hall–Kier alpha value is -1.72. The average Bonchev–Trinajstić information content (AvgIpc) is 3.00. The molecule has 0 spiro atoms. The molecule has 1 saturated heterocycles. The molecule has 3 rings (SSSR count). The Kier molecular flexibility index (Phi) is 4.27. The molecule has 1 fully saturated rings.